The number of ether oxygens (including phenoxy) is 1. The lowest BCUT2D eigenvalue weighted by Gasteiger charge is -2.42. The summed E-state index contributed by atoms with van der Waals surface area (Å²) in [4.78, 5) is 0. The van der Waals surface area contributed by atoms with E-state index in [2.05, 4.69) is 20.1 Å². The summed E-state index contributed by atoms with van der Waals surface area (Å²) in [7, 11) is 0. The molecule has 1 fully saturated rings. The summed E-state index contributed by atoms with van der Waals surface area (Å²) >= 11 is 1.79. The van der Waals surface area contributed by atoms with Crippen LogP contribution in [0.3, 0.4) is 0 Å². The molecule has 2 atom stereocenters. The number of thioether (sulfide) groups is 1. The monoisotopic (exact) mass is 246 g/mol. The molecule has 2 unspecified atom stereocenters. The van der Waals surface area contributed by atoms with Crippen molar-refractivity contribution >= 4 is 11.8 Å². The van der Waals surface area contributed by atoms with E-state index in [4.69, 9.17) is 4.74 Å². The molecule has 0 aromatic rings. The van der Waals surface area contributed by atoms with Gasteiger partial charge in [-0.25, -0.2) is 0 Å². The van der Waals surface area contributed by atoms with E-state index in [1.807, 2.05) is 0 Å². The van der Waals surface area contributed by atoms with Crippen LogP contribution in [0.2, 0.25) is 0 Å². The molecule has 96 valence electrons. The number of rotatable bonds is 6. The van der Waals surface area contributed by atoms with Crippen molar-refractivity contribution in [3.05, 3.63) is 0 Å². The Morgan fingerprint density at radius 2 is 2.19 bits per heavy atom. The Hall–Kier alpha value is 0.270. The highest BCUT2D eigenvalue weighted by Gasteiger charge is 2.40. The van der Waals surface area contributed by atoms with Crippen LogP contribution < -0.4 is 0 Å². The second kappa shape index (κ2) is 6.87. The summed E-state index contributed by atoms with van der Waals surface area (Å²) in [5.74, 6) is 1.98. The van der Waals surface area contributed by atoms with Gasteiger partial charge in [0.05, 0.1) is 18.8 Å². The molecule has 0 bridgehead atoms. The second-order valence-electron chi connectivity index (χ2n) is 5.25. The zero-order chi connectivity index (χ0) is 12.0. The van der Waals surface area contributed by atoms with Gasteiger partial charge in [-0.1, -0.05) is 26.7 Å². The van der Waals surface area contributed by atoms with Gasteiger partial charge in [0.15, 0.2) is 0 Å². The van der Waals surface area contributed by atoms with Crippen molar-refractivity contribution in [3.63, 3.8) is 0 Å². The third kappa shape index (κ3) is 3.94. The normalized spacial score (nSPS) is 30.9. The lowest BCUT2D eigenvalue weighted by Crippen LogP contribution is -2.47. The second-order valence-corrected chi connectivity index (χ2v) is 6.23. The first-order valence-electron chi connectivity index (χ1n) is 6.39. The van der Waals surface area contributed by atoms with Crippen LogP contribution in [0, 0.1) is 11.8 Å². The fourth-order valence-electron chi connectivity index (χ4n) is 2.77. The quantitative estimate of drug-likeness (QED) is 0.731. The van der Waals surface area contributed by atoms with Crippen molar-refractivity contribution in [1.29, 1.82) is 0 Å². The molecule has 0 amide bonds. The molecule has 1 rings (SSSR count). The molecule has 0 aromatic heterocycles. The molecule has 3 heteroatoms. The Morgan fingerprint density at radius 1 is 1.44 bits per heavy atom. The van der Waals surface area contributed by atoms with Crippen molar-refractivity contribution in [2.75, 3.05) is 25.2 Å². The van der Waals surface area contributed by atoms with Gasteiger partial charge in [-0.2, -0.15) is 11.8 Å². The van der Waals surface area contributed by atoms with E-state index in [1.54, 1.807) is 11.8 Å². The summed E-state index contributed by atoms with van der Waals surface area (Å²) in [6, 6.07) is 0. The van der Waals surface area contributed by atoms with Gasteiger partial charge in [0.25, 0.3) is 0 Å². The smallest absolute Gasteiger partial charge is 0.0910 e. The maximum atomic E-state index is 10.7. The van der Waals surface area contributed by atoms with Gasteiger partial charge < -0.3 is 9.84 Å². The summed E-state index contributed by atoms with van der Waals surface area (Å²) in [5.41, 5.74) is -0.565. The highest BCUT2D eigenvalue weighted by Crippen LogP contribution is 2.38. The van der Waals surface area contributed by atoms with Crippen LogP contribution in [0.5, 0.6) is 0 Å². The molecule has 1 N–H and O–H groups in total. The van der Waals surface area contributed by atoms with E-state index in [0.717, 1.165) is 31.6 Å². The van der Waals surface area contributed by atoms with Crippen LogP contribution in [0.1, 0.15) is 39.5 Å². The largest absolute Gasteiger partial charge is 0.387 e. The Labute approximate surface area is 104 Å². The summed E-state index contributed by atoms with van der Waals surface area (Å²) in [6.45, 7) is 5.70. The van der Waals surface area contributed by atoms with Gasteiger partial charge >= 0.3 is 0 Å². The Bertz CT molecular complexity index is 196. The topological polar surface area (TPSA) is 29.5 Å². The van der Waals surface area contributed by atoms with E-state index in [-0.39, 0.29) is 0 Å². The molecule has 0 radical (unpaired) electrons. The molecule has 0 heterocycles. The third-order valence-corrected chi connectivity index (χ3v) is 4.23. The SMILES string of the molecule is CSCCOCC1(O)CCCCC1C(C)C. The summed E-state index contributed by atoms with van der Waals surface area (Å²) < 4.78 is 5.63. The van der Waals surface area contributed by atoms with Crippen molar-refractivity contribution in [2.45, 2.75) is 45.1 Å². The fourth-order valence-corrected chi connectivity index (χ4v) is 3.06. The first kappa shape index (κ1) is 14.3. The van der Waals surface area contributed by atoms with E-state index < -0.39 is 5.60 Å². The molecule has 0 saturated heterocycles. The third-order valence-electron chi connectivity index (χ3n) is 3.65. The predicted molar refractivity (Wildman–Crippen MR) is 70.9 cm³/mol. The van der Waals surface area contributed by atoms with Gasteiger partial charge in [-0.15, -0.1) is 0 Å². The highest BCUT2D eigenvalue weighted by atomic mass is 32.2. The molecule has 16 heavy (non-hydrogen) atoms. The molecular weight excluding hydrogens is 220 g/mol. The van der Waals surface area contributed by atoms with E-state index >= 15 is 0 Å². The Kier molecular flexibility index (Phi) is 6.16. The first-order valence-corrected chi connectivity index (χ1v) is 7.78. The maximum absolute atomic E-state index is 10.7. The van der Waals surface area contributed by atoms with Crippen LogP contribution in [0.15, 0.2) is 0 Å². The van der Waals surface area contributed by atoms with E-state index in [1.165, 1.54) is 6.42 Å². The minimum absolute atomic E-state index is 0.413. The first-order chi connectivity index (χ1) is 7.60. The lowest BCUT2D eigenvalue weighted by molar-refractivity contribution is -0.115. The standard InChI is InChI=1S/C13H26O2S/c1-11(2)12-6-4-5-7-13(12,14)10-15-8-9-16-3/h11-12,14H,4-10H2,1-3H3. The van der Waals surface area contributed by atoms with Crippen LogP contribution in [0.4, 0.5) is 0 Å². The molecular formula is C13H26O2S. The van der Waals surface area contributed by atoms with Crippen molar-refractivity contribution < 1.29 is 9.84 Å². The predicted octanol–water partition coefficient (Wildman–Crippen LogP) is 2.94. The fraction of sp³-hybridized carbons (Fsp3) is 1.00. The summed E-state index contributed by atoms with van der Waals surface area (Å²) in [5, 5.41) is 10.7. The maximum Gasteiger partial charge on any atom is 0.0910 e. The average molecular weight is 246 g/mol. The van der Waals surface area contributed by atoms with Crippen LogP contribution >= 0.6 is 11.8 Å². The zero-order valence-electron chi connectivity index (χ0n) is 10.9. The van der Waals surface area contributed by atoms with Crippen molar-refractivity contribution in [3.8, 4) is 0 Å². The van der Waals surface area contributed by atoms with Gasteiger partial charge in [-0.05, 0) is 30.9 Å². The molecule has 1 saturated carbocycles. The van der Waals surface area contributed by atoms with Gasteiger partial charge in [-0.3, -0.25) is 0 Å². The average Bonchev–Trinajstić information content (AvgIpc) is 2.25. The Morgan fingerprint density at radius 3 is 2.81 bits per heavy atom. The van der Waals surface area contributed by atoms with E-state index in [9.17, 15) is 5.11 Å². The Balaban J connectivity index is 2.43. The van der Waals surface area contributed by atoms with Crippen molar-refractivity contribution in [1.82, 2.24) is 0 Å². The van der Waals surface area contributed by atoms with Gasteiger partial charge in [0.1, 0.15) is 0 Å². The molecule has 0 spiro atoms. The van der Waals surface area contributed by atoms with Crippen LogP contribution in [0.25, 0.3) is 0 Å². The minimum Gasteiger partial charge on any atom is -0.387 e. The minimum atomic E-state index is -0.565. The lowest BCUT2D eigenvalue weighted by atomic mass is 9.70. The number of hydrogen-bond acceptors (Lipinski definition) is 3. The van der Waals surface area contributed by atoms with Gasteiger partial charge in [0.2, 0.25) is 0 Å². The van der Waals surface area contributed by atoms with Crippen molar-refractivity contribution in [2.24, 2.45) is 11.8 Å². The highest BCUT2D eigenvalue weighted by molar-refractivity contribution is 7.98. The van der Waals surface area contributed by atoms with Gasteiger partial charge in [0, 0.05) is 5.75 Å². The van der Waals surface area contributed by atoms with Crippen LogP contribution in [-0.2, 0) is 4.74 Å². The van der Waals surface area contributed by atoms with E-state index in [0.29, 0.717) is 18.4 Å². The molecule has 1 aliphatic rings. The molecule has 0 aliphatic heterocycles. The number of aliphatic hydroxyl groups is 1. The zero-order valence-corrected chi connectivity index (χ0v) is 11.7. The number of hydrogen-bond donors (Lipinski definition) is 1. The summed E-state index contributed by atoms with van der Waals surface area (Å²) in [6.07, 6.45) is 6.55. The molecule has 0 aromatic carbocycles. The molecule has 2 nitrogen and oxygen atoms in total. The van der Waals surface area contributed by atoms with Crippen LogP contribution in [-0.4, -0.2) is 35.9 Å². The molecule has 1 aliphatic carbocycles.